The highest BCUT2D eigenvalue weighted by molar-refractivity contribution is 9.09. The summed E-state index contributed by atoms with van der Waals surface area (Å²) in [7, 11) is 0. The van der Waals surface area contributed by atoms with Crippen LogP contribution < -0.4 is 10.1 Å². The SMILES string of the molecule is O=C1COc2ccc(C(Br)Cc3ccccc3Cl)cc2N1. The summed E-state index contributed by atoms with van der Waals surface area (Å²) in [6.45, 7) is 0.0731. The number of nitrogens with one attached hydrogen (secondary N) is 1. The standard InChI is InChI=1S/C16H13BrClNO2/c17-12(7-11-3-1-2-4-13(11)18)10-5-6-15-14(8-10)19-16(20)9-21-15/h1-6,8,12H,7,9H2,(H,19,20). The highest BCUT2D eigenvalue weighted by atomic mass is 79.9. The van der Waals surface area contributed by atoms with E-state index < -0.39 is 0 Å². The number of alkyl halides is 1. The van der Waals surface area contributed by atoms with Crippen LogP contribution in [0.15, 0.2) is 42.5 Å². The van der Waals surface area contributed by atoms with Gasteiger partial charge < -0.3 is 10.1 Å². The van der Waals surface area contributed by atoms with Gasteiger partial charge in [0, 0.05) is 9.85 Å². The second-order valence-corrected chi connectivity index (χ2v) is 6.37. The first-order valence-corrected chi connectivity index (χ1v) is 7.87. The van der Waals surface area contributed by atoms with Crippen LogP contribution in [-0.4, -0.2) is 12.5 Å². The molecule has 3 rings (SSSR count). The van der Waals surface area contributed by atoms with Gasteiger partial charge in [0.2, 0.25) is 0 Å². The van der Waals surface area contributed by atoms with Gasteiger partial charge in [0.1, 0.15) is 5.75 Å². The van der Waals surface area contributed by atoms with E-state index in [1.165, 1.54) is 0 Å². The van der Waals surface area contributed by atoms with Crippen molar-refractivity contribution in [2.45, 2.75) is 11.2 Å². The predicted molar refractivity (Wildman–Crippen MR) is 87.4 cm³/mol. The molecule has 0 spiro atoms. The average molecular weight is 367 g/mol. The molecule has 0 saturated heterocycles. The Morgan fingerprint density at radius 1 is 1.29 bits per heavy atom. The lowest BCUT2D eigenvalue weighted by atomic mass is 10.0. The molecule has 1 amide bonds. The third-order valence-corrected chi connectivity index (χ3v) is 4.58. The quantitative estimate of drug-likeness (QED) is 0.820. The lowest BCUT2D eigenvalue weighted by Gasteiger charge is -2.20. The molecule has 1 heterocycles. The van der Waals surface area contributed by atoms with Crippen molar-refractivity contribution in [2.75, 3.05) is 11.9 Å². The van der Waals surface area contributed by atoms with E-state index >= 15 is 0 Å². The van der Waals surface area contributed by atoms with E-state index in [1.54, 1.807) is 0 Å². The minimum absolute atomic E-state index is 0.0731. The van der Waals surface area contributed by atoms with Crippen molar-refractivity contribution in [1.29, 1.82) is 0 Å². The Labute approximate surface area is 136 Å². The maximum atomic E-state index is 11.4. The molecule has 0 radical (unpaired) electrons. The van der Waals surface area contributed by atoms with Gasteiger partial charge in [-0.25, -0.2) is 0 Å². The van der Waals surface area contributed by atoms with Gasteiger partial charge in [-0.1, -0.05) is 51.8 Å². The average Bonchev–Trinajstić information content (AvgIpc) is 2.48. The molecule has 0 saturated carbocycles. The molecule has 3 nitrogen and oxygen atoms in total. The zero-order valence-corrected chi connectivity index (χ0v) is 13.4. The summed E-state index contributed by atoms with van der Waals surface area (Å²) in [6.07, 6.45) is 0.771. The number of ether oxygens (including phenoxy) is 1. The van der Waals surface area contributed by atoms with Crippen molar-refractivity contribution in [3.8, 4) is 5.75 Å². The lowest BCUT2D eigenvalue weighted by Crippen LogP contribution is -2.25. The summed E-state index contributed by atoms with van der Waals surface area (Å²) in [5.41, 5.74) is 2.87. The molecule has 1 aliphatic rings. The van der Waals surface area contributed by atoms with Gasteiger partial charge in [-0.05, 0) is 35.7 Å². The Morgan fingerprint density at radius 2 is 2.10 bits per heavy atom. The summed E-state index contributed by atoms with van der Waals surface area (Å²) >= 11 is 9.88. The molecule has 0 aliphatic carbocycles. The molecule has 108 valence electrons. The highest BCUT2D eigenvalue weighted by Gasteiger charge is 2.18. The number of hydrogen-bond donors (Lipinski definition) is 1. The van der Waals surface area contributed by atoms with Crippen molar-refractivity contribution < 1.29 is 9.53 Å². The first-order valence-electron chi connectivity index (χ1n) is 6.57. The molecule has 5 heteroatoms. The molecule has 0 aromatic heterocycles. The van der Waals surface area contributed by atoms with E-state index in [0.29, 0.717) is 11.4 Å². The normalized spacial score (nSPS) is 14.9. The van der Waals surface area contributed by atoms with Crippen LogP contribution in [0.2, 0.25) is 5.02 Å². The van der Waals surface area contributed by atoms with Crippen LogP contribution in [0.1, 0.15) is 16.0 Å². The minimum atomic E-state index is -0.128. The molecule has 1 atom stereocenters. The highest BCUT2D eigenvalue weighted by Crippen LogP contribution is 2.35. The summed E-state index contributed by atoms with van der Waals surface area (Å²) in [4.78, 5) is 11.5. The zero-order chi connectivity index (χ0) is 14.8. The third-order valence-electron chi connectivity index (χ3n) is 3.36. The molecule has 1 N–H and O–H groups in total. The van der Waals surface area contributed by atoms with Gasteiger partial charge >= 0.3 is 0 Å². The summed E-state index contributed by atoms with van der Waals surface area (Å²) < 4.78 is 5.36. The Balaban J connectivity index is 1.82. The maximum Gasteiger partial charge on any atom is 0.262 e. The van der Waals surface area contributed by atoms with Crippen molar-refractivity contribution in [3.63, 3.8) is 0 Å². The first-order chi connectivity index (χ1) is 10.1. The van der Waals surface area contributed by atoms with E-state index in [-0.39, 0.29) is 17.3 Å². The summed E-state index contributed by atoms with van der Waals surface area (Å²) in [6, 6.07) is 13.6. The largest absolute Gasteiger partial charge is 0.482 e. The van der Waals surface area contributed by atoms with Crippen LogP contribution in [0.5, 0.6) is 5.75 Å². The summed E-state index contributed by atoms with van der Waals surface area (Å²) in [5, 5.41) is 3.58. The van der Waals surface area contributed by atoms with Crippen molar-refractivity contribution in [2.24, 2.45) is 0 Å². The molecule has 0 fully saturated rings. The van der Waals surface area contributed by atoms with E-state index in [4.69, 9.17) is 16.3 Å². The molecule has 1 unspecified atom stereocenters. The van der Waals surface area contributed by atoms with Gasteiger partial charge in [-0.15, -0.1) is 0 Å². The molecule has 21 heavy (non-hydrogen) atoms. The van der Waals surface area contributed by atoms with Crippen LogP contribution in [0, 0.1) is 0 Å². The van der Waals surface area contributed by atoms with Gasteiger partial charge in [0.15, 0.2) is 6.61 Å². The number of hydrogen-bond acceptors (Lipinski definition) is 2. The molecular weight excluding hydrogens is 354 g/mol. The van der Waals surface area contributed by atoms with Crippen LogP contribution in [0.25, 0.3) is 0 Å². The fourth-order valence-electron chi connectivity index (χ4n) is 2.27. The monoisotopic (exact) mass is 365 g/mol. The van der Waals surface area contributed by atoms with Crippen LogP contribution in [-0.2, 0) is 11.2 Å². The number of amides is 1. The number of carbonyl (C=O) groups is 1. The number of anilines is 1. The van der Waals surface area contributed by atoms with Crippen LogP contribution in [0.4, 0.5) is 5.69 Å². The number of carbonyl (C=O) groups excluding carboxylic acids is 1. The predicted octanol–water partition coefficient (Wildman–Crippen LogP) is 4.35. The van der Waals surface area contributed by atoms with Crippen molar-refractivity contribution >= 4 is 39.1 Å². The topological polar surface area (TPSA) is 38.3 Å². The van der Waals surface area contributed by atoms with Gasteiger partial charge in [-0.3, -0.25) is 4.79 Å². The minimum Gasteiger partial charge on any atom is -0.482 e. The fraction of sp³-hybridized carbons (Fsp3) is 0.188. The van der Waals surface area contributed by atoms with Crippen molar-refractivity contribution in [3.05, 3.63) is 58.6 Å². The Morgan fingerprint density at radius 3 is 2.90 bits per heavy atom. The van der Waals surface area contributed by atoms with Crippen molar-refractivity contribution in [1.82, 2.24) is 0 Å². The van der Waals surface area contributed by atoms with Gasteiger partial charge in [0.05, 0.1) is 5.69 Å². The molecule has 0 bridgehead atoms. The first kappa shape index (κ1) is 14.4. The number of halogens is 2. The van der Waals surface area contributed by atoms with Gasteiger partial charge in [-0.2, -0.15) is 0 Å². The van der Waals surface area contributed by atoms with E-state index in [0.717, 1.165) is 22.6 Å². The zero-order valence-electron chi connectivity index (χ0n) is 11.1. The number of rotatable bonds is 3. The van der Waals surface area contributed by atoms with Crippen LogP contribution >= 0.6 is 27.5 Å². The van der Waals surface area contributed by atoms with Gasteiger partial charge in [0.25, 0.3) is 5.91 Å². The molecule has 1 aliphatic heterocycles. The Kier molecular flexibility index (Phi) is 4.17. The molecule has 2 aromatic carbocycles. The smallest absolute Gasteiger partial charge is 0.262 e. The van der Waals surface area contributed by atoms with E-state index in [1.807, 2.05) is 42.5 Å². The summed E-state index contributed by atoms with van der Waals surface area (Å²) in [5.74, 6) is 0.577. The molecular formula is C16H13BrClNO2. The van der Waals surface area contributed by atoms with E-state index in [9.17, 15) is 4.79 Å². The third kappa shape index (κ3) is 3.22. The lowest BCUT2D eigenvalue weighted by molar-refractivity contribution is -0.118. The Bertz CT molecular complexity index is 690. The van der Waals surface area contributed by atoms with E-state index in [2.05, 4.69) is 21.2 Å². The van der Waals surface area contributed by atoms with Crippen LogP contribution in [0.3, 0.4) is 0 Å². The number of benzene rings is 2. The maximum absolute atomic E-state index is 11.4. The Hall–Kier alpha value is -1.52. The fourth-order valence-corrected chi connectivity index (χ4v) is 3.12. The number of fused-ring (bicyclic) bond motifs is 1. The molecule has 2 aromatic rings. The second kappa shape index (κ2) is 6.08. The second-order valence-electron chi connectivity index (χ2n) is 4.86.